The molecule has 1 amide bonds. The van der Waals surface area contributed by atoms with Crippen molar-refractivity contribution in [2.24, 2.45) is 0 Å². The maximum atomic E-state index is 11.7. The van der Waals surface area contributed by atoms with Crippen LogP contribution >= 0.6 is 23.1 Å². The summed E-state index contributed by atoms with van der Waals surface area (Å²) >= 11 is 3.15. The number of nitrogens with one attached hydrogen (secondary N) is 1. The molecule has 0 radical (unpaired) electrons. The van der Waals surface area contributed by atoms with E-state index in [1.165, 1.54) is 0 Å². The molecule has 3 rings (SSSR count). The van der Waals surface area contributed by atoms with Crippen LogP contribution in [0.1, 0.15) is 6.92 Å². The predicted octanol–water partition coefficient (Wildman–Crippen LogP) is 3.43. The van der Waals surface area contributed by atoms with E-state index >= 15 is 0 Å². The van der Waals surface area contributed by atoms with Crippen molar-refractivity contribution >= 4 is 39.7 Å². The lowest BCUT2D eigenvalue weighted by Crippen LogP contribution is -2.26. The van der Waals surface area contributed by atoms with Crippen LogP contribution in [-0.4, -0.2) is 11.2 Å². The van der Waals surface area contributed by atoms with Gasteiger partial charge in [-0.15, -0.1) is 23.1 Å². The van der Waals surface area contributed by atoms with E-state index in [0.717, 1.165) is 26.0 Å². The SMILES string of the molecule is CC1Sc2ccc(-c3ccc(N)s3)cc2NC1=O. The van der Waals surface area contributed by atoms with Crippen LogP contribution in [-0.2, 0) is 4.79 Å². The molecular formula is C13H12N2OS2. The minimum atomic E-state index is -0.0271. The Balaban J connectivity index is 2.01. The third-order valence-corrected chi connectivity index (χ3v) is 4.96. The van der Waals surface area contributed by atoms with E-state index in [1.54, 1.807) is 23.1 Å². The second kappa shape index (κ2) is 4.33. The molecule has 18 heavy (non-hydrogen) atoms. The second-order valence-electron chi connectivity index (χ2n) is 4.16. The summed E-state index contributed by atoms with van der Waals surface area (Å²) in [4.78, 5) is 13.9. The molecule has 0 saturated carbocycles. The Hall–Kier alpha value is -1.46. The minimum Gasteiger partial charge on any atom is -0.391 e. The normalized spacial score (nSPS) is 18.3. The van der Waals surface area contributed by atoms with Crippen molar-refractivity contribution in [3.63, 3.8) is 0 Å². The summed E-state index contributed by atoms with van der Waals surface area (Å²) in [7, 11) is 0. The number of hydrogen-bond acceptors (Lipinski definition) is 4. The fourth-order valence-corrected chi connectivity index (χ4v) is 3.57. The molecule has 5 heteroatoms. The number of carbonyl (C=O) groups is 1. The van der Waals surface area contributed by atoms with Crippen LogP contribution in [0.3, 0.4) is 0 Å². The van der Waals surface area contributed by atoms with Gasteiger partial charge >= 0.3 is 0 Å². The Labute approximate surface area is 113 Å². The molecule has 0 bridgehead atoms. The third-order valence-electron chi connectivity index (χ3n) is 2.82. The van der Waals surface area contributed by atoms with Crippen LogP contribution in [0.4, 0.5) is 10.7 Å². The van der Waals surface area contributed by atoms with Crippen molar-refractivity contribution in [2.75, 3.05) is 11.1 Å². The summed E-state index contributed by atoms with van der Waals surface area (Å²) in [5, 5.41) is 3.71. The molecule has 1 aromatic carbocycles. The lowest BCUT2D eigenvalue weighted by Gasteiger charge is -2.21. The Kier molecular flexibility index (Phi) is 2.80. The van der Waals surface area contributed by atoms with Crippen LogP contribution in [0.15, 0.2) is 35.2 Å². The highest BCUT2D eigenvalue weighted by Gasteiger charge is 2.23. The topological polar surface area (TPSA) is 55.1 Å². The lowest BCUT2D eigenvalue weighted by molar-refractivity contribution is -0.115. The predicted molar refractivity (Wildman–Crippen MR) is 78.1 cm³/mol. The molecule has 3 N–H and O–H groups in total. The first-order valence-corrected chi connectivity index (χ1v) is 7.30. The molecule has 1 aliphatic heterocycles. The van der Waals surface area contributed by atoms with Gasteiger partial charge in [0.2, 0.25) is 5.91 Å². The van der Waals surface area contributed by atoms with Gasteiger partial charge in [0.25, 0.3) is 0 Å². The first kappa shape index (κ1) is 11.6. The molecule has 1 aliphatic rings. The van der Waals surface area contributed by atoms with Crippen molar-refractivity contribution in [3.8, 4) is 10.4 Å². The number of amides is 1. The fraction of sp³-hybridized carbons (Fsp3) is 0.154. The highest BCUT2D eigenvalue weighted by atomic mass is 32.2. The van der Waals surface area contributed by atoms with Crippen molar-refractivity contribution in [1.29, 1.82) is 0 Å². The summed E-state index contributed by atoms with van der Waals surface area (Å²) in [6, 6.07) is 10.0. The largest absolute Gasteiger partial charge is 0.391 e. The van der Waals surface area contributed by atoms with Crippen LogP contribution in [0.2, 0.25) is 0 Å². The molecule has 1 aromatic heterocycles. The maximum Gasteiger partial charge on any atom is 0.237 e. The average molecular weight is 276 g/mol. The molecule has 3 nitrogen and oxygen atoms in total. The van der Waals surface area contributed by atoms with Gasteiger partial charge in [0.05, 0.1) is 15.9 Å². The number of anilines is 2. The summed E-state index contributed by atoms with van der Waals surface area (Å²) < 4.78 is 0. The van der Waals surface area contributed by atoms with Crippen LogP contribution in [0.25, 0.3) is 10.4 Å². The summed E-state index contributed by atoms with van der Waals surface area (Å²) in [6.07, 6.45) is 0. The van der Waals surface area contributed by atoms with Gasteiger partial charge in [-0.1, -0.05) is 6.07 Å². The van der Waals surface area contributed by atoms with Gasteiger partial charge < -0.3 is 11.1 Å². The van der Waals surface area contributed by atoms with E-state index in [9.17, 15) is 4.79 Å². The van der Waals surface area contributed by atoms with Crippen LogP contribution in [0, 0.1) is 0 Å². The smallest absolute Gasteiger partial charge is 0.237 e. The maximum absolute atomic E-state index is 11.7. The second-order valence-corrected chi connectivity index (χ2v) is 6.66. The van der Waals surface area contributed by atoms with Gasteiger partial charge in [0.1, 0.15) is 0 Å². The quantitative estimate of drug-likeness (QED) is 0.839. The van der Waals surface area contributed by atoms with Crippen molar-refractivity contribution in [2.45, 2.75) is 17.1 Å². The first-order valence-electron chi connectivity index (χ1n) is 5.61. The molecule has 0 fully saturated rings. The monoisotopic (exact) mass is 276 g/mol. The lowest BCUT2D eigenvalue weighted by atomic mass is 10.1. The highest BCUT2D eigenvalue weighted by molar-refractivity contribution is 8.00. The fourth-order valence-electron chi connectivity index (χ4n) is 1.87. The molecule has 2 heterocycles. The number of nitrogens with two attached hydrogens (primary N) is 1. The van der Waals surface area contributed by atoms with E-state index < -0.39 is 0 Å². The zero-order valence-electron chi connectivity index (χ0n) is 9.77. The number of hydrogen-bond donors (Lipinski definition) is 2. The Bertz CT molecular complexity index is 621. The van der Waals surface area contributed by atoms with Gasteiger partial charge in [0.15, 0.2) is 0 Å². The third kappa shape index (κ3) is 2.00. The van der Waals surface area contributed by atoms with E-state index in [0.29, 0.717) is 0 Å². The summed E-state index contributed by atoms with van der Waals surface area (Å²) in [5.74, 6) is 0.0651. The van der Waals surface area contributed by atoms with Crippen molar-refractivity contribution in [1.82, 2.24) is 0 Å². The van der Waals surface area contributed by atoms with E-state index in [-0.39, 0.29) is 11.2 Å². The van der Waals surface area contributed by atoms with E-state index in [4.69, 9.17) is 5.73 Å². The molecule has 1 atom stereocenters. The number of rotatable bonds is 1. The van der Waals surface area contributed by atoms with Gasteiger partial charge in [-0.3, -0.25) is 4.79 Å². The number of benzene rings is 1. The number of nitrogen functional groups attached to an aromatic ring is 1. The zero-order valence-corrected chi connectivity index (χ0v) is 11.4. The number of thiophene rings is 1. The van der Waals surface area contributed by atoms with Gasteiger partial charge in [-0.05, 0) is 36.8 Å². The van der Waals surface area contributed by atoms with Crippen molar-refractivity contribution < 1.29 is 4.79 Å². The molecular weight excluding hydrogens is 264 g/mol. The molecule has 0 aliphatic carbocycles. The zero-order chi connectivity index (χ0) is 12.7. The molecule has 1 unspecified atom stereocenters. The number of thioether (sulfide) groups is 1. The molecule has 0 spiro atoms. The summed E-state index contributed by atoms with van der Waals surface area (Å²) in [6.45, 7) is 1.91. The van der Waals surface area contributed by atoms with Gasteiger partial charge in [-0.2, -0.15) is 0 Å². The Morgan fingerprint density at radius 3 is 2.83 bits per heavy atom. The average Bonchev–Trinajstić information content (AvgIpc) is 2.77. The molecule has 92 valence electrons. The van der Waals surface area contributed by atoms with Crippen molar-refractivity contribution in [3.05, 3.63) is 30.3 Å². The molecule has 0 saturated heterocycles. The Morgan fingerprint density at radius 1 is 1.28 bits per heavy atom. The minimum absolute atomic E-state index is 0.0271. The molecule has 2 aromatic rings. The number of fused-ring (bicyclic) bond motifs is 1. The van der Waals surface area contributed by atoms with Gasteiger partial charge in [0, 0.05) is 9.77 Å². The van der Waals surface area contributed by atoms with Gasteiger partial charge in [-0.25, -0.2) is 0 Å². The van der Waals surface area contributed by atoms with E-state index in [1.807, 2.05) is 25.1 Å². The van der Waals surface area contributed by atoms with E-state index in [2.05, 4.69) is 17.4 Å². The van der Waals surface area contributed by atoms with Crippen LogP contribution < -0.4 is 11.1 Å². The first-order chi connectivity index (χ1) is 8.63. The summed E-state index contributed by atoms with van der Waals surface area (Å²) in [5.41, 5.74) is 7.72. The highest BCUT2D eigenvalue weighted by Crippen LogP contribution is 2.39. The number of carbonyl (C=O) groups excluding carboxylic acids is 1. The standard InChI is InChI=1S/C13H12N2OS2/c1-7-13(16)15-9-6-8(2-3-11(9)17-7)10-4-5-12(14)18-10/h2-7H,14H2,1H3,(H,15,16). The Morgan fingerprint density at radius 2 is 2.11 bits per heavy atom. The van der Waals surface area contributed by atoms with Crippen LogP contribution in [0.5, 0.6) is 0 Å².